The number of nitrogens with one attached hydrogen (secondary N) is 1. The van der Waals surface area contributed by atoms with Gasteiger partial charge in [0.25, 0.3) is 0 Å². The zero-order valence-electron chi connectivity index (χ0n) is 13.2. The highest BCUT2D eigenvalue weighted by molar-refractivity contribution is 9.11. The number of benzene rings is 2. The Morgan fingerprint density at radius 2 is 1.65 bits per heavy atom. The van der Waals surface area contributed by atoms with E-state index in [1.807, 2.05) is 26.0 Å². The molecule has 2 rings (SSSR count). The van der Waals surface area contributed by atoms with E-state index in [1.165, 1.54) is 17.7 Å². The quantitative estimate of drug-likeness (QED) is 0.571. The van der Waals surface area contributed by atoms with Crippen LogP contribution in [0.5, 0.6) is 5.75 Å². The van der Waals surface area contributed by atoms with Crippen LogP contribution in [0, 0.1) is 5.82 Å². The normalized spacial score (nSPS) is 11.0. The van der Waals surface area contributed by atoms with Gasteiger partial charge in [-0.3, -0.25) is 0 Å². The summed E-state index contributed by atoms with van der Waals surface area (Å²) in [6.07, 6.45) is 0.999. The summed E-state index contributed by atoms with van der Waals surface area (Å²) in [7, 11) is 0. The first kappa shape index (κ1) is 18.4. The Hall–Kier alpha value is -0.910. The van der Waals surface area contributed by atoms with Crippen molar-refractivity contribution in [3.8, 4) is 5.75 Å². The Balaban J connectivity index is 1.87. The third-order valence-electron chi connectivity index (χ3n) is 3.24. The van der Waals surface area contributed by atoms with Crippen LogP contribution in [0.4, 0.5) is 4.39 Å². The van der Waals surface area contributed by atoms with Crippen LogP contribution in [-0.2, 0) is 13.0 Å². The predicted molar refractivity (Wildman–Crippen MR) is 99.4 cm³/mol. The summed E-state index contributed by atoms with van der Waals surface area (Å²) in [5.74, 6) is 0.634. The Morgan fingerprint density at radius 3 is 2.22 bits per heavy atom. The maximum atomic E-state index is 12.8. The third kappa shape index (κ3) is 5.90. The van der Waals surface area contributed by atoms with Crippen LogP contribution in [0.25, 0.3) is 0 Å². The van der Waals surface area contributed by atoms with Gasteiger partial charge in [-0.05, 0) is 94.1 Å². The predicted octanol–water partition coefficient (Wildman–Crippen LogP) is 5.47. The zero-order chi connectivity index (χ0) is 16.8. The molecular formula is C18H20Br2FNO. The van der Waals surface area contributed by atoms with Gasteiger partial charge in [0.15, 0.2) is 0 Å². The average molecular weight is 445 g/mol. The van der Waals surface area contributed by atoms with E-state index in [2.05, 4.69) is 49.3 Å². The molecule has 0 heterocycles. The van der Waals surface area contributed by atoms with Crippen molar-refractivity contribution in [2.45, 2.75) is 32.9 Å². The molecule has 0 aromatic heterocycles. The maximum absolute atomic E-state index is 12.8. The monoisotopic (exact) mass is 443 g/mol. The van der Waals surface area contributed by atoms with E-state index in [1.54, 1.807) is 0 Å². The van der Waals surface area contributed by atoms with E-state index in [0.717, 1.165) is 39.8 Å². The molecule has 2 aromatic rings. The van der Waals surface area contributed by atoms with Gasteiger partial charge in [0.2, 0.25) is 0 Å². The molecule has 124 valence electrons. The summed E-state index contributed by atoms with van der Waals surface area (Å²) >= 11 is 7.12. The molecular weight excluding hydrogens is 425 g/mol. The molecule has 0 aliphatic rings. The number of ether oxygens (including phenoxy) is 1. The summed E-state index contributed by atoms with van der Waals surface area (Å²) in [5.41, 5.74) is 2.29. The van der Waals surface area contributed by atoms with Gasteiger partial charge in [-0.15, -0.1) is 0 Å². The topological polar surface area (TPSA) is 21.3 Å². The van der Waals surface area contributed by atoms with Crippen molar-refractivity contribution >= 4 is 31.9 Å². The molecule has 0 bridgehead atoms. The van der Waals surface area contributed by atoms with Crippen LogP contribution in [0.1, 0.15) is 25.0 Å². The van der Waals surface area contributed by atoms with Gasteiger partial charge in [-0.1, -0.05) is 12.1 Å². The molecule has 2 nitrogen and oxygen atoms in total. The number of halogens is 3. The van der Waals surface area contributed by atoms with Gasteiger partial charge in [-0.25, -0.2) is 4.39 Å². The maximum Gasteiger partial charge on any atom is 0.148 e. The average Bonchev–Trinajstić information content (AvgIpc) is 2.49. The van der Waals surface area contributed by atoms with Crippen molar-refractivity contribution in [2.75, 3.05) is 6.54 Å². The molecule has 23 heavy (non-hydrogen) atoms. The van der Waals surface area contributed by atoms with Gasteiger partial charge in [0.1, 0.15) is 11.6 Å². The molecule has 0 aliphatic carbocycles. The molecule has 0 unspecified atom stereocenters. The number of hydrogen-bond acceptors (Lipinski definition) is 2. The minimum Gasteiger partial charge on any atom is -0.489 e. The number of hydrogen-bond donors (Lipinski definition) is 1. The standard InChI is InChI=1S/C18H20Br2FNO/c1-12(2)23-18-16(19)9-14(10-17(18)20)11-22-8-7-13-3-5-15(21)6-4-13/h3-6,9-10,12,22H,7-8,11H2,1-2H3. The van der Waals surface area contributed by atoms with Crippen molar-refractivity contribution in [3.63, 3.8) is 0 Å². The molecule has 0 fully saturated rings. The zero-order valence-corrected chi connectivity index (χ0v) is 16.4. The third-order valence-corrected chi connectivity index (χ3v) is 4.42. The van der Waals surface area contributed by atoms with Gasteiger partial charge in [0, 0.05) is 6.54 Å². The van der Waals surface area contributed by atoms with E-state index in [-0.39, 0.29) is 11.9 Å². The van der Waals surface area contributed by atoms with Crippen LogP contribution in [0.2, 0.25) is 0 Å². The van der Waals surface area contributed by atoms with E-state index < -0.39 is 0 Å². The fourth-order valence-corrected chi connectivity index (χ4v) is 3.65. The Morgan fingerprint density at radius 1 is 1.04 bits per heavy atom. The van der Waals surface area contributed by atoms with Crippen molar-refractivity contribution in [1.82, 2.24) is 5.32 Å². The van der Waals surface area contributed by atoms with E-state index in [0.29, 0.717) is 0 Å². The molecule has 0 saturated heterocycles. The first-order valence-electron chi connectivity index (χ1n) is 7.55. The van der Waals surface area contributed by atoms with E-state index >= 15 is 0 Å². The van der Waals surface area contributed by atoms with Crippen LogP contribution in [-0.4, -0.2) is 12.6 Å². The van der Waals surface area contributed by atoms with E-state index in [9.17, 15) is 4.39 Å². The molecule has 0 aliphatic heterocycles. The van der Waals surface area contributed by atoms with Crippen molar-refractivity contribution in [3.05, 3.63) is 62.3 Å². The molecule has 0 atom stereocenters. The van der Waals surface area contributed by atoms with Crippen LogP contribution in [0.15, 0.2) is 45.3 Å². The molecule has 0 saturated carbocycles. The largest absolute Gasteiger partial charge is 0.489 e. The molecule has 0 radical (unpaired) electrons. The molecule has 1 N–H and O–H groups in total. The van der Waals surface area contributed by atoms with Crippen molar-refractivity contribution in [1.29, 1.82) is 0 Å². The fourth-order valence-electron chi connectivity index (χ4n) is 2.18. The highest BCUT2D eigenvalue weighted by Gasteiger charge is 2.10. The van der Waals surface area contributed by atoms with Crippen LogP contribution >= 0.6 is 31.9 Å². The lowest BCUT2D eigenvalue weighted by atomic mass is 10.1. The lowest BCUT2D eigenvalue weighted by molar-refractivity contribution is 0.239. The van der Waals surface area contributed by atoms with Crippen molar-refractivity contribution in [2.24, 2.45) is 0 Å². The van der Waals surface area contributed by atoms with E-state index in [4.69, 9.17) is 4.74 Å². The smallest absolute Gasteiger partial charge is 0.148 e. The second kappa shape index (κ2) is 8.81. The van der Waals surface area contributed by atoms with Crippen molar-refractivity contribution < 1.29 is 9.13 Å². The van der Waals surface area contributed by atoms with Gasteiger partial charge < -0.3 is 10.1 Å². The highest BCUT2D eigenvalue weighted by Crippen LogP contribution is 2.35. The Bertz CT molecular complexity index is 621. The molecule has 0 amide bonds. The van der Waals surface area contributed by atoms with Gasteiger partial charge in [-0.2, -0.15) is 0 Å². The number of rotatable bonds is 7. The molecule has 0 spiro atoms. The van der Waals surface area contributed by atoms with Crippen LogP contribution in [0.3, 0.4) is 0 Å². The minimum atomic E-state index is -0.194. The second-order valence-electron chi connectivity index (χ2n) is 5.61. The van der Waals surface area contributed by atoms with Crippen LogP contribution < -0.4 is 10.1 Å². The highest BCUT2D eigenvalue weighted by atomic mass is 79.9. The molecule has 2 aromatic carbocycles. The minimum absolute atomic E-state index is 0.127. The molecule has 5 heteroatoms. The first-order chi connectivity index (χ1) is 11.0. The van der Waals surface area contributed by atoms with Gasteiger partial charge in [0.05, 0.1) is 15.0 Å². The Labute approximate surface area is 153 Å². The lowest BCUT2D eigenvalue weighted by Crippen LogP contribution is -2.17. The first-order valence-corrected chi connectivity index (χ1v) is 9.14. The summed E-state index contributed by atoms with van der Waals surface area (Å²) in [6.45, 7) is 5.61. The summed E-state index contributed by atoms with van der Waals surface area (Å²) in [4.78, 5) is 0. The summed E-state index contributed by atoms with van der Waals surface area (Å²) in [5, 5.41) is 3.40. The van der Waals surface area contributed by atoms with Gasteiger partial charge >= 0.3 is 0 Å². The fraction of sp³-hybridized carbons (Fsp3) is 0.333. The summed E-state index contributed by atoms with van der Waals surface area (Å²) in [6, 6.07) is 10.8. The lowest BCUT2D eigenvalue weighted by Gasteiger charge is -2.15. The SMILES string of the molecule is CC(C)Oc1c(Br)cc(CNCCc2ccc(F)cc2)cc1Br. The second-order valence-corrected chi connectivity index (χ2v) is 7.32. The summed E-state index contributed by atoms with van der Waals surface area (Å²) < 4.78 is 20.5. The Kier molecular flexibility index (Phi) is 7.06.